The third-order valence-corrected chi connectivity index (χ3v) is 3.08. The minimum absolute atomic E-state index is 0.162. The summed E-state index contributed by atoms with van der Waals surface area (Å²) in [4.78, 5) is 13.2. The zero-order valence-electron chi connectivity index (χ0n) is 11.8. The van der Waals surface area contributed by atoms with E-state index in [9.17, 15) is 4.79 Å². The number of aryl methyl sites for hydroxylation is 1. The second-order valence-corrected chi connectivity index (χ2v) is 4.75. The number of nitrogens with one attached hydrogen (secondary N) is 1. The molecule has 0 radical (unpaired) electrons. The highest BCUT2D eigenvalue weighted by molar-refractivity contribution is 5.92. The Balaban J connectivity index is 2.07. The number of aromatic carboxylic acids is 1. The average Bonchev–Trinajstić information content (AvgIpc) is 2.78. The predicted molar refractivity (Wildman–Crippen MR) is 78.3 cm³/mol. The maximum Gasteiger partial charge on any atom is 0.356 e. The molecule has 0 spiro atoms. The van der Waals surface area contributed by atoms with Crippen LogP contribution in [0.4, 0.5) is 11.4 Å². The largest absolute Gasteiger partial charge is 0.476 e. The lowest BCUT2D eigenvalue weighted by atomic mass is 10.2. The molecule has 0 aliphatic heterocycles. The monoisotopic (exact) mass is 274 g/mol. The van der Waals surface area contributed by atoms with Crippen molar-refractivity contribution in [3.05, 3.63) is 41.7 Å². The fraction of sp³-hybridized carbons (Fsp3) is 0.286. The van der Waals surface area contributed by atoms with E-state index in [1.54, 1.807) is 7.05 Å². The van der Waals surface area contributed by atoms with Crippen molar-refractivity contribution < 1.29 is 9.90 Å². The summed E-state index contributed by atoms with van der Waals surface area (Å²) in [6.07, 6.45) is 1.53. The number of carboxylic acids is 1. The van der Waals surface area contributed by atoms with Crippen LogP contribution in [0, 0.1) is 0 Å². The number of carbonyl (C=O) groups is 1. The van der Waals surface area contributed by atoms with Gasteiger partial charge in [-0.3, -0.25) is 4.68 Å². The number of benzene rings is 1. The molecule has 1 aromatic heterocycles. The van der Waals surface area contributed by atoms with Crippen LogP contribution in [-0.4, -0.2) is 35.0 Å². The zero-order chi connectivity index (χ0) is 14.7. The highest BCUT2D eigenvalue weighted by atomic mass is 16.4. The number of anilines is 2. The second-order valence-electron chi connectivity index (χ2n) is 4.75. The molecule has 1 heterocycles. The fourth-order valence-electron chi connectivity index (χ4n) is 1.93. The molecule has 6 nitrogen and oxygen atoms in total. The standard InChI is InChI=1S/C14H18N4O2/c1-17(2)11-6-4-10(5-7-11)8-15-12-9-16-18(3)13(12)14(19)20/h4-7,9,15H,8H2,1-3H3,(H,19,20). The summed E-state index contributed by atoms with van der Waals surface area (Å²) >= 11 is 0. The molecule has 2 rings (SSSR count). The summed E-state index contributed by atoms with van der Waals surface area (Å²) < 4.78 is 1.35. The van der Waals surface area contributed by atoms with E-state index >= 15 is 0 Å². The van der Waals surface area contributed by atoms with Crippen LogP contribution >= 0.6 is 0 Å². The third-order valence-electron chi connectivity index (χ3n) is 3.08. The van der Waals surface area contributed by atoms with Crippen LogP contribution in [0.3, 0.4) is 0 Å². The van der Waals surface area contributed by atoms with Crippen molar-refractivity contribution in [1.82, 2.24) is 9.78 Å². The van der Waals surface area contributed by atoms with Gasteiger partial charge in [0.25, 0.3) is 0 Å². The molecule has 106 valence electrons. The molecular weight excluding hydrogens is 256 g/mol. The topological polar surface area (TPSA) is 70.4 Å². The first-order chi connectivity index (χ1) is 9.49. The molecule has 0 saturated heterocycles. The van der Waals surface area contributed by atoms with Gasteiger partial charge in [-0.2, -0.15) is 5.10 Å². The molecule has 0 saturated carbocycles. The van der Waals surface area contributed by atoms with Gasteiger partial charge in [0, 0.05) is 33.4 Å². The molecule has 1 aromatic carbocycles. The second kappa shape index (κ2) is 5.64. The number of rotatable bonds is 5. The number of hydrogen-bond donors (Lipinski definition) is 2. The van der Waals surface area contributed by atoms with Gasteiger partial charge >= 0.3 is 5.97 Å². The van der Waals surface area contributed by atoms with Crippen LogP contribution in [0.5, 0.6) is 0 Å². The molecule has 0 amide bonds. The van der Waals surface area contributed by atoms with Gasteiger partial charge in [0.1, 0.15) is 0 Å². The predicted octanol–water partition coefficient (Wildman–Crippen LogP) is 1.80. The Hall–Kier alpha value is -2.50. The first-order valence-corrected chi connectivity index (χ1v) is 6.24. The maximum atomic E-state index is 11.1. The van der Waals surface area contributed by atoms with Crippen LogP contribution in [0.2, 0.25) is 0 Å². The van der Waals surface area contributed by atoms with Crippen LogP contribution in [0.15, 0.2) is 30.5 Å². The van der Waals surface area contributed by atoms with Crippen molar-refractivity contribution in [2.24, 2.45) is 7.05 Å². The Labute approximate surface area is 117 Å². The van der Waals surface area contributed by atoms with Gasteiger partial charge in [0.05, 0.1) is 11.9 Å². The number of carboxylic acid groups (broad SMARTS) is 1. The SMILES string of the molecule is CN(C)c1ccc(CNc2cnn(C)c2C(=O)O)cc1. The molecule has 0 unspecified atom stereocenters. The van der Waals surface area contributed by atoms with Gasteiger partial charge in [-0.05, 0) is 17.7 Å². The summed E-state index contributed by atoms with van der Waals surface area (Å²) in [6, 6.07) is 8.08. The van der Waals surface area contributed by atoms with Crippen LogP contribution < -0.4 is 10.2 Å². The molecule has 2 aromatic rings. The quantitative estimate of drug-likeness (QED) is 0.870. The smallest absolute Gasteiger partial charge is 0.356 e. The molecule has 2 N–H and O–H groups in total. The minimum Gasteiger partial charge on any atom is -0.476 e. The molecule has 0 atom stereocenters. The lowest BCUT2D eigenvalue weighted by Crippen LogP contribution is -2.10. The molecule has 20 heavy (non-hydrogen) atoms. The highest BCUT2D eigenvalue weighted by Crippen LogP contribution is 2.17. The Morgan fingerprint density at radius 1 is 1.35 bits per heavy atom. The van der Waals surface area contributed by atoms with E-state index in [4.69, 9.17) is 5.11 Å². The molecule has 0 bridgehead atoms. The highest BCUT2D eigenvalue weighted by Gasteiger charge is 2.15. The van der Waals surface area contributed by atoms with Gasteiger partial charge in [0.2, 0.25) is 0 Å². The van der Waals surface area contributed by atoms with Gasteiger partial charge < -0.3 is 15.3 Å². The first kappa shape index (κ1) is 13.9. The minimum atomic E-state index is -0.990. The van der Waals surface area contributed by atoms with Crippen molar-refractivity contribution in [2.45, 2.75) is 6.54 Å². The lowest BCUT2D eigenvalue weighted by Gasteiger charge is -2.13. The molecular formula is C14H18N4O2. The fourth-order valence-corrected chi connectivity index (χ4v) is 1.93. The molecule has 0 aliphatic rings. The summed E-state index contributed by atoms with van der Waals surface area (Å²) in [5.41, 5.74) is 2.89. The third kappa shape index (κ3) is 2.90. The van der Waals surface area contributed by atoms with Crippen molar-refractivity contribution >= 4 is 17.3 Å². The van der Waals surface area contributed by atoms with Crippen molar-refractivity contribution in [1.29, 1.82) is 0 Å². The van der Waals surface area contributed by atoms with Gasteiger partial charge in [-0.1, -0.05) is 12.1 Å². The van der Waals surface area contributed by atoms with Crippen LogP contribution in [0.25, 0.3) is 0 Å². The Morgan fingerprint density at radius 3 is 2.55 bits per heavy atom. The van der Waals surface area contributed by atoms with E-state index in [0.29, 0.717) is 12.2 Å². The number of nitrogens with zero attached hydrogens (tertiary/aromatic N) is 3. The van der Waals surface area contributed by atoms with Crippen molar-refractivity contribution in [3.8, 4) is 0 Å². The summed E-state index contributed by atoms with van der Waals surface area (Å²) in [5, 5.41) is 16.2. The molecule has 6 heteroatoms. The van der Waals surface area contributed by atoms with Gasteiger partial charge in [0.15, 0.2) is 5.69 Å². The van der Waals surface area contributed by atoms with E-state index in [0.717, 1.165) is 11.3 Å². The average molecular weight is 274 g/mol. The molecule has 0 fully saturated rings. The van der Waals surface area contributed by atoms with E-state index in [1.807, 2.05) is 43.3 Å². The van der Waals surface area contributed by atoms with Gasteiger partial charge in [-0.25, -0.2) is 4.79 Å². The van der Waals surface area contributed by atoms with E-state index in [1.165, 1.54) is 10.9 Å². The first-order valence-electron chi connectivity index (χ1n) is 6.24. The zero-order valence-corrected chi connectivity index (χ0v) is 11.8. The van der Waals surface area contributed by atoms with Gasteiger partial charge in [-0.15, -0.1) is 0 Å². The number of aromatic nitrogens is 2. The number of hydrogen-bond acceptors (Lipinski definition) is 4. The summed E-state index contributed by atoms with van der Waals surface area (Å²) in [7, 11) is 5.59. The van der Waals surface area contributed by atoms with E-state index in [2.05, 4.69) is 10.4 Å². The van der Waals surface area contributed by atoms with Crippen molar-refractivity contribution in [2.75, 3.05) is 24.3 Å². The summed E-state index contributed by atoms with van der Waals surface area (Å²) in [5.74, 6) is -0.990. The Bertz CT molecular complexity index is 602. The molecule has 0 aliphatic carbocycles. The van der Waals surface area contributed by atoms with Crippen LogP contribution in [-0.2, 0) is 13.6 Å². The Kier molecular flexibility index (Phi) is 3.93. The van der Waals surface area contributed by atoms with Crippen LogP contribution in [0.1, 0.15) is 16.1 Å². The van der Waals surface area contributed by atoms with Crippen molar-refractivity contribution in [3.63, 3.8) is 0 Å². The van der Waals surface area contributed by atoms with E-state index in [-0.39, 0.29) is 5.69 Å². The summed E-state index contributed by atoms with van der Waals surface area (Å²) in [6.45, 7) is 0.555. The lowest BCUT2D eigenvalue weighted by molar-refractivity contribution is 0.0686. The normalized spacial score (nSPS) is 10.3. The van der Waals surface area contributed by atoms with E-state index < -0.39 is 5.97 Å². The maximum absolute atomic E-state index is 11.1. The Morgan fingerprint density at radius 2 is 2.00 bits per heavy atom.